The van der Waals surface area contributed by atoms with Crippen molar-refractivity contribution in [1.82, 2.24) is 0 Å². The van der Waals surface area contributed by atoms with E-state index < -0.39 is 21.7 Å². The lowest BCUT2D eigenvalue weighted by atomic mass is 11.7. The highest BCUT2D eigenvalue weighted by molar-refractivity contribution is 7.61. The summed E-state index contributed by atoms with van der Waals surface area (Å²) < 4.78 is 33.1. The molecule has 0 aliphatic rings. The molecule has 0 aliphatic carbocycles. The van der Waals surface area contributed by atoms with Gasteiger partial charge in [-0.25, -0.2) is 9.13 Å². The first-order chi connectivity index (χ1) is 5.33. The van der Waals surface area contributed by atoms with Gasteiger partial charge in [0.05, 0.1) is 0 Å². The fourth-order valence-electron chi connectivity index (χ4n) is 0.300. The van der Waals surface area contributed by atoms with Crippen molar-refractivity contribution < 1.29 is 32.3 Å². The number of alkyl halides is 1. The minimum atomic E-state index is -4.91. The van der Waals surface area contributed by atoms with Crippen molar-refractivity contribution in [2.24, 2.45) is 0 Å². The lowest BCUT2D eigenvalue weighted by Crippen LogP contribution is -1.94. The molecular formula is C2H7ClO7P2. The minimum Gasteiger partial charge on any atom is -0.302 e. The molecule has 0 spiro atoms. The van der Waals surface area contributed by atoms with Gasteiger partial charge in [0, 0.05) is 7.11 Å². The Bertz CT molecular complexity index is 221. The molecule has 0 saturated carbocycles. The van der Waals surface area contributed by atoms with Crippen LogP contribution in [0.5, 0.6) is 0 Å². The van der Waals surface area contributed by atoms with Crippen LogP contribution in [0.4, 0.5) is 0 Å². The molecule has 0 saturated heterocycles. The Morgan fingerprint density at radius 1 is 1.42 bits per heavy atom. The predicted octanol–water partition coefficient (Wildman–Crippen LogP) is 1.06. The van der Waals surface area contributed by atoms with E-state index in [0.717, 1.165) is 7.11 Å². The van der Waals surface area contributed by atoms with Crippen molar-refractivity contribution in [2.75, 3.05) is 13.2 Å². The third kappa shape index (κ3) is 5.24. The topological polar surface area (TPSA) is 102 Å². The van der Waals surface area contributed by atoms with E-state index in [2.05, 4.69) is 13.4 Å². The molecule has 12 heavy (non-hydrogen) atoms. The summed E-state index contributed by atoms with van der Waals surface area (Å²) in [6.07, 6.45) is 0. The molecule has 0 bridgehead atoms. The summed E-state index contributed by atoms with van der Waals surface area (Å²) in [6, 6.07) is -0.564. The molecule has 2 N–H and O–H groups in total. The summed E-state index contributed by atoms with van der Waals surface area (Å²) >= 11 is 4.99. The number of hydrogen-bond acceptors (Lipinski definition) is 5. The summed E-state index contributed by atoms with van der Waals surface area (Å²) in [5.41, 5.74) is 0. The molecule has 0 fully saturated rings. The summed E-state index contributed by atoms with van der Waals surface area (Å²) in [5, 5.41) is 0. The van der Waals surface area contributed by atoms with Crippen molar-refractivity contribution in [1.29, 1.82) is 0 Å². The standard InChI is InChI=1S/C2H7ClO7P2/c1-8-12(7,9-2-3)10-11(4,5)6/h2H2,1H3,(H2,4,5,6). The molecule has 0 aromatic carbocycles. The molecule has 1 atom stereocenters. The van der Waals surface area contributed by atoms with Gasteiger partial charge < -0.3 is 9.79 Å². The molecule has 0 aliphatic heterocycles. The van der Waals surface area contributed by atoms with Gasteiger partial charge in [-0.15, -0.1) is 0 Å². The zero-order chi connectivity index (χ0) is 9.83. The molecule has 74 valence electrons. The Morgan fingerprint density at radius 3 is 2.17 bits per heavy atom. The van der Waals surface area contributed by atoms with E-state index in [0.29, 0.717) is 0 Å². The highest BCUT2D eigenvalue weighted by Gasteiger charge is 2.34. The van der Waals surface area contributed by atoms with Crippen molar-refractivity contribution in [3.63, 3.8) is 0 Å². The van der Waals surface area contributed by atoms with Gasteiger partial charge in [0.25, 0.3) is 0 Å². The van der Waals surface area contributed by atoms with Crippen LogP contribution in [0.3, 0.4) is 0 Å². The first kappa shape index (κ1) is 12.6. The molecule has 0 amide bonds. The van der Waals surface area contributed by atoms with Crippen LogP contribution < -0.4 is 0 Å². The maximum absolute atomic E-state index is 11.0. The molecule has 0 aromatic rings. The average molecular weight is 240 g/mol. The van der Waals surface area contributed by atoms with E-state index in [-0.39, 0.29) is 0 Å². The predicted molar refractivity (Wildman–Crippen MR) is 39.5 cm³/mol. The highest BCUT2D eigenvalue weighted by Crippen LogP contribution is 2.60. The fraction of sp³-hybridized carbons (Fsp3) is 1.00. The van der Waals surface area contributed by atoms with E-state index in [9.17, 15) is 9.13 Å². The molecular weight excluding hydrogens is 233 g/mol. The number of halogens is 1. The highest BCUT2D eigenvalue weighted by atomic mass is 35.5. The molecule has 0 heterocycles. The number of hydrogen-bond donors (Lipinski definition) is 2. The van der Waals surface area contributed by atoms with Gasteiger partial charge >= 0.3 is 15.6 Å². The monoisotopic (exact) mass is 240 g/mol. The SMILES string of the molecule is COP(=O)(OCCl)OP(=O)(O)O. The summed E-state index contributed by atoms with van der Waals surface area (Å²) in [7, 11) is -8.22. The molecule has 10 heteroatoms. The maximum atomic E-state index is 11.0. The lowest BCUT2D eigenvalue weighted by molar-refractivity contribution is 0.176. The van der Waals surface area contributed by atoms with Crippen LogP contribution in [0.2, 0.25) is 0 Å². The van der Waals surface area contributed by atoms with Crippen LogP contribution in [0.25, 0.3) is 0 Å². The summed E-state index contributed by atoms with van der Waals surface area (Å²) in [5.74, 6) is 0. The van der Waals surface area contributed by atoms with E-state index in [1.807, 2.05) is 0 Å². The number of phosphoric ester groups is 1. The van der Waals surface area contributed by atoms with E-state index in [1.165, 1.54) is 0 Å². The normalized spacial score (nSPS) is 17.3. The van der Waals surface area contributed by atoms with Crippen LogP contribution in [0, 0.1) is 0 Å². The Morgan fingerprint density at radius 2 is 1.92 bits per heavy atom. The van der Waals surface area contributed by atoms with Crippen LogP contribution in [-0.2, 0) is 22.5 Å². The van der Waals surface area contributed by atoms with E-state index >= 15 is 0 Å². The van der Waals surface area contributed by atoms with Crippen molar-refractivity contribution in [3.05, 3.63) is 0 Å². The zero-order valence-corrected chi connectivity index (χ0v) is 8.46. The molecule has 0 rings (SSSR count). The Balaban J connectivity index is 4.35. The van der Waals surface area contributed by atoms with Crippen LogP contribution in [0.15, 0.2) is 0 Å². The van der Waals surface area contributed by atoms with Gasteiger partial charge in [-0.2, -0.15) is 4.31 Å². The summed E-state index contributed by atoms with van der Waals surface area (Å²) in [4.78, 5) is 16.4. The van der Waals surface area contributed by atoms with Crippen molar-refractivity contribution in [2.45, 2.75) is 0 Å². The van der Waals surface area contributed by atoms with Gasteiger partial charge in [0.15, 0.2) is 0 Å². The van der Waals surface area contributed by atoms with Gasteiger partial charge in [0.1, 0.15) is 6.07 Å². The molecule has 0 radical (unpaired) electrons. The van der Waals surface area contributed by atoms with Crippen molar-refractivity contribution in [3.8, 4) is 0 Å². The number of phosphoric acid groups is 2. The first-order valence-corrected chi connectivity index (χ1v) is 5.99. The maximum Gasteiger partial charge on any atom is 0.484 e. The lowest BCUT2D eigenvalue weighted by Gasteiger charge is -2.13. The average Bonchev–Trinajstić information content (AvgIpc) is 1.84. The third-order valence-corrected chi connectivity index (χ3v) is 3.44. The van der Waals surface area contributed by atoms with Gasteiger partial charge in [0.2, 0.25) is 0 Å². The zero-order valence-electron chi connectivity index (χ0n) is 5.92. The second kappa shape index (κ2) is 4.69. The Hall–Kier alpha value is 0.550. The Labute approximate surface area is 73.4 Å². The second-order valence-electron chi connectivity index (χ2n) is 1.44. The van der Waals surface area contributed by atoms with Gasteiger partial charge in [-0.05, 0) is 0 Å². The summed E-state index contributed by atoms with van der Waals surface area (Å²) in [6.45, 7) is 0. The van der Waals surface area contributed by atoms with Gasteiger partial charge in [-0.3, -0.25) is 9.05 Å². The molecule has 7 nitrogen and oxygen atoms in total. The van der Waals surface area contributed by atoms with Crippen LogP contribution in [0.1, 0.15) is 0 Å². The molecule has 0 aromatic heterocycles. The first-order valence-electron chi connectivity index (χ1n) is 2.46. The van der Waals surface area contributed by atoms with E-state index in [4.69, 9.17) is 21.4 Å². The quantitative estimate of drug-likeness (QED) is 0.547. The van der Waals surface area contributed by atoms with Crippen LogP contribution >= 0.6 is 27.2 Å². The van der Waals surface area contributed by atoms with E-state index in [1.54, 1.807) is 0 Å². The Kier molecular flexibility index (Phi) is 4.91. The molecule has 1 unspecified atom stereocenters. The van der Waals surface area contributed by atoms with Crippen LogP contribution in [-0.4, -0.2) is 23.0 Å². The van der Waals surface area contributed by atoms with Crippen molar-refractivity contribution >= 4 is 27.2 Å². The number of rotatable bonds is 5. The van der Waals surface area contributed by atoms with Gasteiger partial charge in [-0.1, -0.05) is 11.6 Å². The minimum absolute atomic E-state index is 0.564. The third-order valence-electron chi connectivity index (χ3n) is 0.637. The smallest absolute Gasteiger partial charge is 0.302 e. The second-order valence-corrected chi connectivity index (χ2v) is 4.81. The largest absolute Gasteiger partial charge is 0.484 e. The fourth-order valence-corrected chi connectivity index (χ4v) is 2.38.